The van der Waals surface area contributed by atoms with Crippen LogP contribution in [0.2, 0.25) is 0 Å². The van der Waals surface area contributed by atoms with E-state index in [1.165, 1.54) is 0 Å². The first kappa shape index (κ1) is 19.3. The van der Waals surface area contributed by atoms with Crippen LogP contribution in [0.5, 0.6) is 11.5 Å². The molecule has 0 saturated heterocycles. The molecule has 0 saturated carbocycles. The van der Waals surface area contributed by atoms with Gasteiger partial charge in [-0.1, -0.05) is 50.2 Å². The van der Waals surface area contributed by atoms with Crippen LogP contribution in [-0.4, -0.2) is 35.1 Å². The van der Waals surface area contributed by atoms with E-state index in [0.717, 1.165) is 24.0 Å². The van der Waals surface area contributed by atoms with Crippen molar-refractivity contribution in [1.82, 2.24) is 9.80 Å². The molecule has 7 heteroatoms. The second-order valence-corrected chi connectivity index (χ2v) is 7.04. The molecule has 0 aliphatic carbocycles. The van der Waals surface area contributed by atoms with Crippen molar-refractivity contribution in [2.75, 3.05) is 13.1 Å². The van der Waals surface area contributed by atoms with Gasteiger partial charge in [-0.25, -0.2) is 9.59 Å². The van der Waals surface area contributed by atoms with E-state index in [1.807, 2.05) is 50.2 Å². The molecule has 0 N–H and O–H groups in total. The standard InChI is InChI=1S/C22H24N2O5/c1-3-13-23-19(15-9-5-7-11-17(15)27-21(23)25)29-20-16-10-6-8-12-18(16)28-22(26)24(20)14-4-2/h5-12,19-20H,3-4,13-14H2,1-2H3/t19-,20-/m0/s1. The van der Waals surface area contributed by atoms with Crippen LogP contribution >= 0.6 is 0 Å². The molecule has 0 radical (unpaired) electrons. The summed E-state index contributed by atoms with van der Waals surface area (Å²) in [7, 11) is 0. The van der Waals surface area contributed by atoms with E-state index in [-0.39, 0.29) is 0 Å². The molecule has 7 nitrogen and oxygen atoms in total. The molecule has 0 unspecified atom stereocenters. The van der Waals surface area contributed by atoms with Crippen molar-refractivity contribution >= 4 is 12.2 Å². The summed E-state index contributed by atoms with van der Waals surface area (Å²) in [5.74, 6) is 0.951. The van der Waals surface area contributed by atoms with Gasteiger partial charge in [0.05, 0.1) is 0 Å². The van der Waals surface area contributed by atoms with E-state index in [4.69, 9.17) is 14.2 Å². The maximum atomic E-state index is 12.6. The number of nitrogens with zero attached hydrogens (tertiary/aromatic N) is 2. The van der Waals surface area contributed by atoms with Crippen LogP contribution < -0.4 is 9.47 Å². The molecular weight excluding hydrogens is 372 g/mol. The van der Waals surface area contributed by atoms with Gasteiger partial charge in [0.15, 0.2) is 12.5 Å². The lowest BCUT2D eigenvalue weighted by Gasteiger charge is -2.41. The summed E-state index contributed by atoms with van der Waals surface area (Å²) in [6.45, 7) is 4.93. The predicted molar refractivity (Wildman–Crippen MR) is 105 cm³/mol. The number of hydrogen-bond acceptors (Lipinski definition) is 5. The number of carbonyl (C=O) groups excluding carboxylic acids is 2. The van der Waals surface area contributed by atoms with Gasteiger partial charge in [-0.05, 0) is 25.0 Å². The van der Waals surface area contributed by atoms with Gasteiger partial charge in [-0.15, -0.1) is 0 Å². The number of carbonyl (C=O) groups is 2. The maximum Gasteiger partial charge on any atom is 0.417 e. The average Bonchev–Trinajstić information content (AvgIpc) is 2.72. The Kier molecular flexibility index (Phi) is 5.40. The molecule has 4 rings (SSSR count). The molecule has 2 amide bonds. The Hall–Kier alpha value is -3.06. The fourth-order valence-corrected chi connectivity index (χ4v) is 3.70. The minimum Gasteiger partial charge on any atom is -0.410 e. The minimum atomic E-state index is -0.671. The number of rotatable bonds is 6. The lowest BCUT2D eigenvalue weighted by atomic mass is 10.1. The third kappa shape index (κ3) is 3.53. The normalized spacial score (nSPS) is 20.6. The van der Waals surface area contributed by atoms with E-state index in [9.17, 15) is 9.59 Å². The van der Waals surface area contributed by atoms with Crippen LogP contribution in [0.4, 0.5) is 9.59 Å². The first-order chi connectivity index (χ1) is 14.1. The number of para-hydroxylation sites is 2. The molecule has 0 aromatic heterocycles. The van der Waals surface area contributed by atoms with Gasteiger partial charge >= 0.3 is 12.2 Å². The highest BCUT2D eigenvalue weighted by Crippen LogP contribution is 2.43. The van der Waals surface area contributed by atoms with Crippen LogP contribution in [0.15, 0.2) is 48.5 Å². The topological polar surface area (TPSA) is 68.3 Å². The Morgan fingerprint density at radius 1 is 0.759 bits per heavy atom. The molecule has 2 heterocycles. The molecule has 2 atom stereocenters. The van der Waals surface area contributed by atoms with E-state index in [1.54, 1.807) is 21.9 Å². The van der Waals surface area contributed by atoms with Gasteiger partial charge in [0.1, 0.15) is 11.5 Å². The van der Waals surface area contributed by atoms with Gasteiger partial charge in [-0.3, -0.25) is 9.80 Å². The molecule has 0 fully saturated rings. The van der Waals surface area contributed by atoms with E-state index in [2.05, 4.69) is 0 Å². The van der Waals surface area contributed by atoms with Gasteiger partial charge in [0.25, 0.3) is 0 Å². The smallest absolute Gasteiger partial charge is 0.410 e. The third-order valence-electron chi connectivity index (χ3n) is 4.99. The summed E-state index contributed by atoms with van der Waals surface area (Å²) in [6.07, 6.45) is -0.752. The molecule has 29 heavy (non-hydrogen) atoms. The summed E-state index contributed by atoms with van der Waals surface area (Å²) in [5, 5.41) is 0. The number of fused-ring (bicyclic) bond motifs is 2. The van der Waals surface area contributed by atoms with Crippen LogP contribution in [0.3, 0.4) is 0 Å². The Morgan fingerprint density at radius 3 is 1.59 bits per heavy atom. The lowest BCUT2D eigenvalue weighted by Crippen LogP contribution is -2.47. The summed E-state index contributed by atoms with van der Waals surface area (Å²) < 4.78 is 17.5. The minimum absolute atomic E-state index is 0.454. The Bertz CT molecular complexity index is 842. The summed E-state index contributed by atoms with van der Waals surface area (Å²) in [6, 6.07) is 14.7. The quantitative estimate of drug-likeness (QED) is 0.698. The van der Waals surface area contributed by atoms with Crippen LogP contribution in [0.1, 0.15) is 50.3 Å². The molecule has 2 aromatic carbocycles. The SMILES string of the molecule is CCCN1C(=O)Oc2ccccc2[C@@H]1O[C@H]1c2ccccc2OC(=O)N1CCC. The van der Waals surface area contributed by atoms with Crippen LogP contribution in [-0.2, 0) is 4.74 Å². The highest BCUT2D eigenvalue weighted by molar-refractivity contribution is 5.75. The van der Waals surface area contributed by atoms with Gasteiger partial charge in [-0.2, -0.15) is 0 Å². The summed E-state index contributed by atoms with van der Waals surface area (Å²) in [4.78, 5) is 28.4. The van der Waals surface area contributed by atoms with E-state index >= 15 is 0 Å². The van der Waals surface area contributed by atoms with Crippen molar-refractivity contribution in [2.24, 2.45) is 0 Å². The Labute approximate surface area is 169 Å². The lowest BCUT2D eigenvalue weighted by molar-refractivity contribution is -0.151. The second kappa shape index (κ2) is 8.13. The number of amides is 2. The molecule has 0 bridgehead atoms. The largest absolute Gasteiger partial charge is 0.417 e. The number of benzene rings is 2. The van der Waals surface area contributed by atoms with Gasteiger partial charge in [0.2, 0.25) is 0 Å². The average molecular weight is 396 g/mol. The molecule has 2 aliphatic heterocycles. The van der Waals surface area contributed by atoms with Gasteiger partial charge in [0, 0.05) is 24.2 Å². The predicted octanol–water partition coefficient (Wildman–Crippen LogP) is 4.85. The summed E-state index contributed by atoms with van der Waals surface area (Å²) in [5.41, 5.74) is 1.52. The highest BCUT2D eigenvalue weighted by atomic mass is 16.6. The van der Waals surface area contributed by atoms with Crippen LogP contribution in [0, 0.1) is 0 Å². The molecule has 2 aliphatic rings. The summed E-state index contributed by atoms with van der Waals surface area (Å²) >= 11 is 0. The number of ether oxygens (including phenoxy) is 3. The van der Waals surface area contributed by atoms with Crippen molar-refractivity contribution in [3.63, 3.8) is 0 Å². The number of hydrogen-bond donors (Lipinski definition) is 0. The first-order valence-electron chi connectivity index (χ1n) is 9.94. The van der Waals surface area contributed by atoms with E-state index in [0.29, 0.717) is 24.6 Å². The zero-order chi connectivity index (χ0) is 20.4. The van der Waals surface area contributed by atoms with Crippen molar-refractivity contribution in [1.29, 1.82) is 0 Å². The zero-order valence-electron chi connectivity index (χ0n) is 16.5. The molecular formula is C22H24N2O5. The molecule has 152 valence electrons. The van der Waals surface area contributed by atoms with Gasteiger partial charge < -0.3 is 14.2 Å². The highest BCUT2D eigenvalue weighted by Gasteiger charge is 2.41. The molecule has 0 spiro atoms. The fourth-order valence-electron chi connectivity index (χ4n) is 3.70. The zero-order valence-corrected chi connectivity index (χ0v) is 16.5. The Balaban J connectivity index is 1.76. The monoisotopic (exact) mass is 396 g/mol. The molecule has 2 aromatic rings. The van der Waals surface area contributed by atoms with Crippen LogP contribution in [0.25, 0.3) is 0 Å². The van der Waals surface area contributed by atoms with Crippen molar-refractivity contribution in [2.45, 2.75) is 39.1 Å². The first-order valence-corrected chi connectivity index (χ1v) is 9.94. The Morgan fingerprint density at radius 2 is 1.17 bits per heavy atom. The third-order valence-corrected chi connectivity index (χ3v) is 4.99. The second-order valence-electron chi connectivity index (χ2n) is 7.04. The fraction of sp³-hybridized carbons (Fsp3) is 0.364. The maximum absolute atomic E-state index is 12.6. The van der Waals surface area contributed by atoms with Crippen molar-refractivity contribution < 1.29 is 23.8 Å². The van der Waals surface area contributed by atoms with Crippen molar-refractivity contribution in [3.05, 3.63) is 59.7 Å². The van der Waals surface area contributed by atoms with E-state index < -0.39 is 24.6 Å². The van der Waals surface area contributed by atoms with Crippen molar-refractivity contribution in [3.8, 4) is 11.5 Å².